The summed E-state index contributed by atoms with van der Waals surface area (Å²) in [6.07, 6.45) is 2.26. The number of amides is 1. The molecule has 20 heavy (non-hydrogen) atoms. The molecule has 1 rings (SSSR count). The minimum atomic E-state index is -0.838. The first-order valence-electron chi connectivity index (χ1n) is 7.48. The van der Waals surface area contributed by atoms with E-state index < -0.39 is 11.9 Å². The van der Waals surface area contributed by atoms with Crippen LogP contribution in [0.25, 0.3) is 0 Å². The van der Waals surface area contributed by atoms with E-state index in [0.717, 1.165) is 6.42 Å². The Kier molecular flexibility index (Phi) is 6.46. The van der Waals surface area contributed by atoms with Crippen molar-refractivity contribution in [2.75, 3.05) is 20.3 Å². The van der Waals surface area contributed by atoms with Gasteiger partial charge in [0.1, 0.15) is 0 Å². The number of hydrogen-bond acceptors (Lipinski definition) is 3. The van der Waals surface area contributed by atoms with Crippen molar-refractivity contribution in [2.45, 2.75) is 46.1 Å². The van der Waals surface area contributed by atoms with Crippen molar-refractivity contribution in [3.05, 3.63) is 0 Å². The minimum absolute atomic E-state index is 0.0207. The lowest BCUT2D eigenvalue weighted by atomic mass is 9.94. The van der Waals surface area contributed by atoms with Gasteiger partial charge in [-0.05, 0) is 32.6 Å². The Balaban J connectivity index is 2.84. The van der Waals surface area contributed by atoms with Crippen LogP contribution in [0.15, 0.2) is 0 Å². The molecular weight excluding hydrogens is 258 g/mol. The number of carboxylic acid groups (broad SMARTS) is 1. The van der Waals surface area contributed by atoms with Crippen LogP contribution in [0.3, 0.4) is 0 Å². The monoisotopic (exact) mass is 285 g/mol. The van der Waals surface area contributed by atoms with Crippen LogP contribution in [-0.2, 0) is 14.3 Å². The van der Waals surface area contributed by atoms with Gasteiger partial charge in [0, 0.05) is 13.7 Å². The smallest absolute Gasteiger partial charge is 0.307 e. The highest BCUT2D eigenvalue weighted by atomic mass is 16.5. The van der Waals surface area contributed by atoms with E-state index >= 15 is 0 Å². The fraction of sp³-hybridized carbons (Fsp3) is 0.867. The van der Waals surface area contributed by atoms with Crippen LogP contribution in [0, 0.1) is 17.8 Å². The lowest BCUT2D eigenvalue weighted by molar-refractivity contribution is -0.150. The summed E-state index contributed by atoms with van der Waals surface area (Å²) in [5, 5.41) is 9.35. The predicted octanol–water partition coefficient (Wildman–Crippen LogP) is 2.01. The molecule has 5 nitrogen and oxygen atoms in total. The molecule has 0 aromatic rings. The molecule has 0 heterocycles. The highest BCUT2D eigenvalue weighted by Gasteiger charge is 2.43. The van der Waals surface area contributed by atoms with Crippen LogP contribution < -0.4 is 0 Å². The molecule has 0 radical (unpaired) electrons. The average Bonchev–Trinajstić information content (AvgIpc) is 2.84. The Morgan fingerprint density at radius 3 is 2.35 bits per heavy atom. The molecule has 0 aromatic carbocycles. The summed E-state index contributed by atoms with van der Waals surface area (Å²) >= 11 is 0. The second kappa shape index (κ2) is 7.62. The summed E-state index contributed by atoms with van der Waals surface area (Å²) in [7, 11) is 1.61. The lowest BCUT2D eigenvalue weighted by Gasteiger charge is -2.31. The lowest BCUT2D eigenvalue weighted by Crippen LogP contribution is -2.45. The second-order valence-electron chi connectivity index (χ2n) is 5.73. The molecule has 0 aliphatic heterocycles. The van der Waals surface area contributed by atoms with Crippen LogP contribution in [0.2, 0.25) is 0 Å². The molecule has 1 fully saturated rings. The average molecular weight is 285 g/mol. The highest BCUT2D eigenvalue weighted by molar-refractivity contribution is 5.85. The summed E-state index contributed by atoms with van der Waals surface area (Å²) in [4.78, 5) is 25.8. The van der Waals surface area contributed by atoms with Crippen molar-refractivity contribution in [3.63, 3.8) is 0 Å². The number of likely N-dealkylation sites (N-methyl/N-ethyl adjacent to an activating group) is 1. The first-order chi connectivity index (χ1) is 9.46. The van der Waals surface area contributed by atoms with E-state index in [-0.39, 0.29) is 17.9 Å². The number of aliphatic carboxylic acids is 1. The van der Waals surface area contributed by atoms with E-state index in [1.54, 1.807) is 12.0 Å². The molecular formula is C15H27NO4. The normalized spacial score (nSPS) is 27.3. The van der Waals surface area contributed by atoms with Gasteiger partial charge in [0.2, 0.25) is 5.91 Å². The number of methoxy groups -OCH3 is 1. The molecule has 1 saturated carbocycles. The molecule has 1 amide bonds. The highest BCUT2D eigenvalue weighted by Crippen LogP contribution is 2.39. The molecule has 0 bridgehead atoms. The van der Waals surface area contributed by atoms with E-state index in [2.05, 4.69) is 6.92 Å². The number of carbonyl (C=O) groups is 2. The number of nitrogens with zero attached hydrogens (tertiary/aromatic N) is 1. The Bertz CT molecular complexity index is 345. The van der Waals surface area contributed by atoms with Crippen molar-refractivity contribution in [1.29, 1.82) is 0 Å². The van der Waals surface area contributed by atoms with Gasteiger partial charge in [-0.15, -0.1) is 0 Å². The van der Waals surface area contributed by atoms with E-state index in [1.807, 2.05) is 13.8 Å². The van der Waals surface area contributed by atoms with Gasteiger partial charge in [-0.25, -0.2) is 0 Å². The van der Waals surface area contributed by atoms with Gasteiger partial charge < -0.3 is 14.7 Å². The fourth-order valence-corrected chi connectivity index (χ4v) is 3.25. The van der Waals surface area contributed by atoms with Crippen molar-refractivity contribution < 1.29 is 19.4 Å². The molecule has 4 atom stereocenters. The first-order valence-corrected chi connectivity index (χ1v) is 7.48. The van der Waals surface area contributed by atoms with Crippen LogP contribution in [0.1, 0.15) is 40.0 Å². The molecule has 0 aromatic heterocycles. The molecule has 5 heteroatoms. The molecule has 0 spiro atoms. The van der Waals surface area contributed by atoms with Crippen LogP contribution in [0.4, 0.5) is 0 Å². The quantitative estimate of drug-likeness (QED) is 0.777. The molecule has 4 unspecified atom stereocenters. The van der Waals surface area contributed by atoms with Crippen molar-refractivity contribution in [1.82, 2.24) is 4.90 Å². The van der Waals surface area contributed by atoms with E-state index in [9.17, 15) is 14.7 Å². The van der Waals surface area contributed by atoms with Crippen LogP contribution in [0.5, 0.6) is 0 Å². The van der Waals surface area contributed by atoms with E-state index in [4.69, 9.17) is 4.74 Å². The summed E-state index contributed by atoms with van der Waals surface area (Å²) in [5.41, 5.74) is 0. The molecule has 1 aliphatic rings. The maximum absolute atomic E-state index is 12.7. The third-order valence-electron chi connectivity index (χ3n) is 4.44. The zero-order chi connectivity index (χ0) is 15.3. The minimum Gasteiger partial charge on any atom is -0.481 e. The SMILES string of the molecule is CCC1CC(C(=O)O)C(C(=O)N(CC)C(C)COC)C1. The number of ether oxygens (including phenoxy) is 1. The summed E-state index contributed by atoms with van der Waals surface area (Å²) in [6, 6.07) is -0.0207. The second-order valence-corrected chi connectivity index (χ2v) is 5.73. The summed E-state index contributed by atoms with van der Waals surface area (Å²) < 4.78 is 5.11. The zero-order valence-corrected chi connectivity index (χ0v) is 13.0. The van der Waals surface area contributed by atoms with Crippen LogP contribution >= 0.6 is 0 Å². The largest absolute Gasteiger partial charge is 0.481 e. The van der Waals surface area contributed by atoms with Gasteiger partial charge >= 0.3 is 5.97 Å². The van der Waals surface area contributed by atoms with Crippen LogP contribution in [-0.4, -0.2) is 48.2 Å². The number of hydrogen-bond donors (Lipinski definition) is 1. The molecule has 0 saturated heterocycles. The summed E-state index contributed by atoms with van der Waals surface area (Å²) in [6.45, 7) is 6.98. The topological polar surface area (TPSA) is 66.8 Å². The maximum Gasteiger partial charge on any atom is 0.307 e. The number of rotatable bonds is 7. The van der Waals surface area contributed by atoms with Crippen molar-refractivity contribution >= 4 is 11.9 Å². The zero-order valence-electron chi connectivity index (χ0n) is 13.0. The van der Waals surface area contributed by atoms with Crippen molar-refractivity contribution in [2.24, 2.45) is 17.8 Å². The van der Waals surface area contributed by atoms with E-state index in [0.29, 0.717) is 31.9 Å². The van der Waals surface area contributed by atoms with E-state index in [1.165, 1.54) is 0 Å². The Morgan fingerprint density at radius 2 is 1.90 bits per heavy atom. The Morgan fingerprint density at radius 1 is 1.30 bits per heavy atom. The van der Waals surface area contributed by atoms with Gasteiger partial charge in [-0.2, -0.15) is 0 Å². The standard InChI is InChI=1S/C15H27NO4/c1-5-11-7-12(13(8-11)15(18)19)14(17)16(6-2)10(3)9-20-4/h10-13H,5-9H2,1-4H3,(H,18,19). The van der Waals surface area contributed by atoms with Gasteiger partial charge in [-0.1, -0.05) is 13.3 Å². The number of carboxylic acids is 1. The van der Waals surface area contributed by atoms with Gasteiger partial charge in [0.05, 0.1) is 24.5 Å². The van der Waals surface area contributed by atoms with Gasteiger partial charge in [-0.3, -0.25) is 9.59 Å². The third-order valence-corrected chi connectivity index (χ3v) is 4.44. The predicted molar refractivity (Wildman–Crippen MR) is 76.4 cm³/mol. The van der Waals surface area contributed by atoms with Crippen molar-refractivity contribution in [3.8, 4) is 0 Å². The fourth-order valence-electron chi connectivity index (χ4n) is 3.25. The van der Waals surface area contributed by atoms with Gasteiger partial charge in [0.15, 0.2) is 0 Å². The molecule has 1 N–H and O–H groups in total. The molecule has 116 valence electrons. The first kappa shape index (κ1) is 17.0. The third kappa shape index (κ3) is 3.72. The Labute approximate surface area is 121 Å². The summed E-state index contributed by atoms with van der Waals surface area (Å²) in [5.74, 6) is -1.43. The number of carbonyl (C=O) groups excluding carboxylic acids is 1. The Hall–Kier alpha value is -1.10. The molecule has 1 aliphatic carbocycles. The maximum atomic E-state index is 12.7. The van der Waals surface area contributed by atoms with Gasteiger partial charge in [0.25, 0.3) is 0 Å².